The molecule has 0 aliphatic carbocycles. The molecule has 0 aliphatic rings. The summed E-state index contributed by atoms with van der Waals surface area (Å²) >= 11 is 9.55. The number of ether oxygens (including phenoxy) is 1. The van der Waals surface area contributed by atoms with Gasteiger partial charge in [0.1, 0.15) is 0 Å². The maximum Gasteiger partial charge on any atom is 0.309 e. The van der Waals surface area contributed by atoms with Gasteiger partial charge < -0.3 is 9.64 Å². The molecule has 0 unspecified atom stereocenters. The third-order valence-corrected chi connectivity index (χ3v) is 4.05. The molecular formula is C17H17BrClNO2. The van der Waals surface area contributed by atoms with Crippen molar-refractivity contribution in [1.82, 2.24) is 0 Å². The molecule has 0 radical (unpaired) electrons. The van der Waals surface area contributed by atoms with Gasteiger partial charge in [0, 0.05) is 28.8 Å². The first-order valence-electron chi connectivity index (χ1n) is 6.80. The average molecular weight is 383 g/mol. The summed E-state index contributed by atoms with van der Waals surface area (Å²) in [5, 5.41) is 0.680. The van der Waals surface area contributed by atoms with Gasteiger partial charge in [-0.1, -0.05) is 51.8 Å². The lowest BCUT2D eigenvalue weighted by atomic mass is 10.0. The lowest BCUT2D eigenvalue weighted by molar-refractivity contribution is -0.139. The van der Waals surface area contributed by atoms with Gasteiger partial charge in [0.25, 0.3) is 0 Å². The number of methoxy groups -OCH3 is 1. The van der Waals surface area contributed by atoms with E-state index < -0.39 is 0 Å². The predicted molar refractivity (Wildman–Crippen MR) is 93.4 cm³/mol. The smallest absolute Gasteiger partial charge is 0.309 e. The second-order valence-corrected chi connectivity index (χ2v) is 6.36. The predicted octanol–water partition coefficient (Wildman–Crippen LogP) is 4.45. The van der Waals surface area contributed by atoms with Crippen molar-refractivity contribution < 1.29 is 9.53 Å². The molecular weight excluding hydrogens is 366 g/mol. The summed E-state index contributed by atoms with van der Waals surface area (Å²) in [6.45, 7) is 0.681. The van der Waals surface area contributed by atoms with Crippen molar-refractivity contribution >= 4 is 39.2 Å². The summed E-state index contributed by atoms with van der Waals surface area (Å²) in [5.41, 5.74) is 3.07. The highest BCUT2D eigenvalue weighted by molar-refractivity contribution is 9.10. The van der Waals surface area contributed by atoms with E-state index in [1.807, 2.05) is 49.5 Å². The maximum absolute atomic E-state index is 11.5. The molecule has 0 aliphatic heterocycles. The van der Waals surface area contributed by atoms with Crippen LogP contribution >= 0.6 is 27.5 Å². The Bertz CT molecular complexity index is 655. The van der Waals surface area contributed by atoms with Gasteiger partial charge in [-0.05, 0) is 29.3 Å². The summed E-state index contributed by atoms with van der Waals surface area (Å²) in [6.07, 6.45) is 0.278. The van der Waals surface area contributed by atoms with Crippen molar-refractivity contribution in [2.75, 3.05) is 19.1 Å². The van der Waals surface area contributed by atoms with Crippen LogP contribution in [0.2, 0.25) is 5.02 Å². The second kappa shape index (κ2) is 7.65. The van der Waals surface area contributed by atoms with Gasteiger partial charge in [-0.25, -0.2) is 0 Å². The molecule has 0 heterocycles. The fraction of sp³-hybridized carbons (Fsp3) is 0.235. The van der Waals surface area contributed by atoms with Crippen molar-refractivity contribution in [3.8, 4) is 0 Å². The van der Waals surface area contributed by atoms with E-state index in [0.29, 0.717) is 11.6 Å². The zero-order chi connectivity index (χ0) is 16.1. The molecule has 0 saturated heterocycles. The Morgan fingerprint density at radius 1 is 1.23 bits per heavy atom. The molecule has 0 bridgehead atoms. The molecule has 0 amide bonds. The van der Waals surface area contributed by atoms with Crippen molar-refractivity contribution in [3.63, 3.8) is 0 Å². The number of halogens is 2. The summed E-state index contributed by atoms with van der Waals surface area (Å²) in [4.78, 5) is 13.6. The standard InChI is InChI=1S/C17H17BrClNO2/c1-20(16-9-14(18)8-15(19)10-16)11-13-6-4-3-5-12(13)7-17(21)22-2/h3-6,8-10H,7,11H2,1-2H3. The number of rotatable bonds is 5. The molecule has 3 nitrogen and oxygen atoms in total. The molecule has 0 saturated carbocycles. The number of esters is 1. The quantitative estimate of drug-likeness (QED) is 0.715. The number of hydrogen-bond donors (Lipinski definition) is 0. The largest absolute Gasteiger partial charge is 0.469 e. The van der Waals surface area contributed by atoms with Gasteiger partial charge in [-0.2, -0.15) is 0 Å². The minimum atomic E-state index is -0.236. The molecule has 22 heavy (non-hydrogen) atoms. The Balaban J connectivity index is 2.21. The number of benzene rings is 2. The van der Waals surface area contributed by atoms with Gasteiger partial charge >= 0.3 is 5.97 Å². The van der Waals surface area contributed by atoms with E-state index in [-0.39, 0.29) is 12.4 Å². The molecule has 2 aromatic rings. The first-order valence-corrected chi connectivity index (χ1v) is 7.97. The fourth-order valence-electron chi connectivity index (χ4n) is 2.22. The van der Waals surface area contributed by atoms with E-state index in [0.717, 1.165) is 21.3 Å². The number of anilines is 1. The van der Waals surface area contributed by atoms with E-state index in [1.165, 1.54) is 7.11 Å². The van der Waals surface area contributed by atoms with Crippen molar-refractivity contribution in [3.05, 3.63) is 63.1 Å². The van der Waals surface area contributed by atoms with E-state index >= 15 is 0 Å². The van der Waals surface area contributed by atoms with Gasteiger partial charge in [0.05, 0.1) is 13.5 Å². The Labute approximate surface area is 144 Å². The molecule has 116 valence electrons. The van der Waals surface area contributed by atoms with Gasteiger partial charge in [0.15, 0.2) is 0 Å². The monoisotopic (exact) mass is 381 g/mol. The van der Waals surface area contributed by atoms with Crippen LogP contribution in [0.1, 0.15) is 11.1 Å². The SMILES string of the molecule is COC(=O)Cc1ccccc1CN(C)c1cc(Cl)cc(Br)c1. The zero-order valence-corrected chi connectivity index (χ0v) is 14.8. The molecule has 0 fully saturated rings. The highest BCUT2D eigenvalue weighted by Crippen LogP contribution is 2.26. The topological polar surface area (TPSA) is 29.5 Å². The first-order chi connectivity index (χ1) is 10.5. The molecule has 0 atom stereocenters. The highest BCUT2D eigenvalue weighted by atomic mass is 79.9. The normalized spacial score (nSPS) is 10.4. The van der Waals surface area contributed by atoms with Crippen LogP contribution < -0.4 is 4.90 Å². The van der Waals surface area contributed by atoms with Crippen LogP contribution in [-0.4, -0.2) is 20.1 Å². The molecule has 5 heteroatoms. The average Bonchev–Trinajstić information content (AvgIpc) is 2.48. The van der Waals surface area contributed by atoms with Crippen molar-refractivity contribution in [1.29, 1.82) is 0 Å². The minimum absolute atomic E-state index is 0.236. The Hall–Kier alpha value is -1.52. The van der Waals surface area contributed by atoms with E-state index in [2.05, 4.69) is 20.8 Å². The maximum atomic E-state index is 11.5. The second-order valence-electron chi connectivity index (χ2n) is 5.01. The Morgan fingerprint density at radius 3 is 2.55 bits per heavy atom. The van der Waals surface area contributed by atoms with Crippen LogP contribution in [0.3, 0.4) is 0 Å². The Kier molecular flexibility index (Phi) is 5.86. The van der Waals surface area contributed by atoms with E-state index in [4.69, 9.17) is 16.3 Å². The molecule has 0 N–H and O–H groups in total. The van der Waals surface area contributed by atoms with Crippen molar-refractivity contribution in [2.45, 2.75) is 13.0 Å². The Morgan fingerprint density at radius 2 is 1.91 bits per heavy atom. The highest BCUT2D eigenvalue weighted by Gasteiger charge is 2.11. The van der Waals surface area contributed by atoms with Gasteiger partial charge in [-0.15, -0.1) is 0 Å². The first kappa shape index (κ1) is 16.8. The van der Waals surface area contributed by atoms with Gasteiger partial charge in [-0.3, -0.25) is 4.79 Å². The minimum Gasteiger partial charge on any atom is -0.469 e. The van der Waals surface area contributed by atoms with Crippen LogP contribution in [0, 0.1) is 0 Å². The van der Waals surface area contributed by atoms with Crippen molar-refractivity contribution in [2.24, 2.45) is 0 Å². The van der Waals surface area contributed by atoms with Gasteiger partial charge in [0.2, 0.25) is 0 Å². The van der Waals surface area contributed by atoms with Crippen LogP contribution in [0.25, 0.3) is 0 Å². The summed E-state index contributed by atoms with van der Waals surface area (Å²) in [7, 11) is 3.40. The third kappa shape index (κ3) is 4.49. The number of nitrogens with zero attached hydrogens (tertiary/aromatic N) is 1. The molecule has 2 rings (SSSR count). The molecule has 0 spiro atoms. The lowest BCUT2D eigenvalue weighted by Crippen LogP contribution is -2.18. The third-order valence-electron chi connectivity index (χ3n) is 3.38. The molecule has 2 aromatic carbocycles. The number of carbonyl (C=O) groups is 1. The van der Waals surface area contributed by atoms with E-state index in [1.54, 1.807) is 0 Å². The number of hydrogen-bond acceptors (Lipinski definition) is 3. The molecule has 0 aromatic heterocycles. The lowest BCUT2D eigenvalue weighted by Gasteiger charge is -2.21. The van der Waals surface area contributed by atoms with Crippen LogP contribution in [-0.2, 0) is 22.5 Å². The summed E-state index contributed by atoms with van der Waals surface area (Å²) in [6, 6.07) is 13.6. The van der Waals surface area contributed by atoms with E-state index in [9.17, 15) is 4.79 Å². The van der Waals surface area contributed by atoms with Crippen LogP contribution in [0.4, 0.5) is 5.69 Å². The van der Waals surface area contributed by atoms with Crippen LogP contribution in [0.5, 0.6) is 0 Å². The summed E-state index contributed by atoms with van der Waals surface area (Å²) in [5.74, 6) is -0.236. The fourth-order valence-corrected chi connectivity index (χ4v) is 3.06. The zero-order valence-electron chi connectivity index (χ0n) is 12.5. The van der Waals surface area contributed by atoms with Crippen LogP contribution in [0.15, 0.2) is 46.9 Å². The summed E-state index contributed by atoms with van der Waals surface area (Å²) < 4.78 is 5.69. The number of carbonyl (C=O) groups excluding carboxylic acids is 1.